The van der Waals surface area contributed by atoms with Gasteiger partial charge in [-0.3, -0.25) is 0 Å². The van der Waals surface area contributed by atoms with Crippen LogP contribution in [0.5, 0.6) is 0 Å². The van der Waals surface area contributed by atoms with Gasteiger partial charge in [0.25, 0.3) is 0 Å². The molecule has 0 aliphatic carbocycles. The molecule has 1 fully saturated rings. The van der Waals surface area contributed by atoms with Crippen molar-refractivity contribution in [1.82, 2.24) is 0 Å². The van der Waals surface area contributed by atoms with E-state index >= 15 is 0 Å². The van der Waals surface area contributed by atoms with E-state index in [2.05, 4.69) is 27.8 Å². The predicted molar refractivity (Wildman–Crippen MR) is 77.3 cm³/mol. The number of hydrogen-bond acceptors (Lipinski definition) is 3. The summed E-state index contributed by atoms with van der Waals surface area (Å²) in [5.41, 5.74) is 7.36. The first-order valence-corrected chi connectivity index (χ1v) is 7.57. The van der Waals surface area contributed by atoms with Gasteiger partial charge in [0.1, 0.15) is 5.82 Å². The van der Waals surface area contributed by atoms with E-state index in [-0.39, 0.29) is 5.82 Å². The van der Waals surface area contributed by atoms with E-state index in [4.69, 9.17) is 5.73 Å². The van der Waals surface area contributed by atoms with Crippen molar-refractivity contribution in [3.63, 3.8) is 0 Å². The molecule has 1 atom stereocenters. The van der Waals surface area contributed by atoms with E-state index in [0.29, 0.717) is 15.4 Å². The molecule has 1 aliphatic rings. The number of halogens is 2. The molecule has 1 heterocycles. The van der Waals surface area contributed by atoms with E-state index in [0.717, 1.165) is 31.0 Å². The fourth-order valence-electron chi connectivity index (χ4n) is 2.01. The lowest BCUT2D eigenvalue weighted by Crippen LogP contribution is -2.38. The van der Waals surface area contributed by atoms with Crippen LogP contribution in [-0.4, -0.2) is 24.1 Å². The Morgan fingerprint density at radius 1 is 1.59 bits per heavy atom. The van der Waals surface area contributed by atoms with Crippen LogP contribution < -0.4 is 10.6 Å². The molecule has 2 nitrogen and oxygen atoms in total. The molecule has 0 aromatic heterocycles. The fourth-order valence-corrected chi connectivity index (χ4v) is 3.52. The third kappa shape index (κ3) is 2.88. The third-order valence-corrected chi connectivity index (χ3v) is 4.98. The van der Waals surface area contributed by atoms with Crippen molar-refractivity contribution in [1.29, 1.82) is 0 Å². The molecule has 0 spiro atoms. The molecule has 1 aliphatic heterocycles. The number of anilines is 2. The van der Waals surface area contributed by atoms with Crippen LogP contribution in [0.2, 0.25) is 0 Å². The summed E-state index contributed by atoms with van der Waals surface area (Å²) in [6.07, 6.45) is 1.16. The summed E-state index contributed by atoms with van der Waals surface area (Å²) in [5.74, 6) is 0.803. The van der Waals surface area contributed by atoms with Gasteiger partial charge in [-0.05, 0) is 28.4 Å². The first-order valence-electron chi connectivity index (χ1n) is 5.73. The molecule has 5 heteroatoms. The lowest BCUT2D eigenvalue weighted by molar-refractivity contribution is 0.621. The highest BCUT2D eigenvalue weighted by atomic mass is 79.9. The minimum Gasteiger partial charge on any atom is -0.397 e. The zero-order chi connectivity index (χ0) is 12.4. The predicted octanol–water partition coefficient (Wildman–Crippen LogP) is 3.50. The highest BCUT2D eigenvalue weighted by Gasteiger charge is 2.21. The summed E-state index contributed by atoms with van der Waals surface area (Å²) in [6, 6.07) is 3.18. The minimum absolute atomic E-state index is 0.301. The monoisotopic (exact) mass is 318 g/mol. The molecule has 1 saturated heterocycles. The summed E-state index contributed by atoms with van der Waals surface area (Å²) in [5, 5.41) is 0.645. The van der Waals surface area contributed by atoms with E-state index in [1.54, 1.807) is 6.07 Å². The van der Waals surface area contributed by atoms with E-state index in [1.807, 2.05) is 11.8 Å². The number of nitrogens with zero attached hydrogens (tertiary/aromatic N) is 1. The third-order valence-electron chi connectivity index (χ3n) is 3.00. The van der Waals surface area contributed by atoms with Crippen LogP contribution in [0, 0.1) is 5.82 Å². The Bertz CT molecular complexity index is 414. The highest BCUT2D eigenvalue weighted by Crippen LogP contribution is 2.33. The van der Waals surface area contributed by atoms with Crippen LogP contribution in [0.4, 0.5) is 15.8 Å². The maximum absolute atomic E-state index is 13.3. The first-order chi connectivity index (χ1) is 8.11. The Balaban J connectivity index is 2.24. The Kier molecular flexibility index (Phi) is 4.20. The Morgan fingerprint density at radius 2 is 2.35 bits per heavy atom. The average Bonchev–Trinajstić information content (AvgIpc) is 2.34. The molecule has 0 bridgehead atoms. The Hall–Kier alpha value is -0.420. The zero-order valence-electron chi connectivity index (χ0n) is 9.75. The van der Waals surface area contributed by atoms with Gasteiger partial charge in [0.15, 0.2) is 0 Å². The average molecular weight is 319 g/mol. The summed E-state index contributed by atoms with van der Waals surface area (Å²) in [6.45, 7) is 4.16. The number of nitrogen functional groups attached to an aromatic ring is 1. The van der Waals surface area contributed by atoms with Crippen molar-refractivity contribution in [2.45, 2.75) is 18.6 Å². The number of nitrogens with two attached hydrogens (primary N) is 1. The van der Waals surface area contributed by atoms with Crippen LogP contribution in [0.1, 0.15) is 13.3 Å². The molecular weight excluding hydrogens is 303 g/mol. The van der Waals surface area contributed by atoms with Crippen LogP contribution in [0.3, 0.4) is 0 Å². The second kappa shape index (κ2) is 5.48. The maximum atomic E-state index is 13.3. The largest absolute Gasteiger partial charge is 0.397 e. The first kappa shape index (κ1) is 13.0. The Labute approximate surface area is 114 Å². The molecule has 17 heavy (non-hydrogen) atoms. The van der Waals surface area contributed by atoms with Gasteiger partial charge in [-0.25, -0.2) is 4.39 Å². The summed E-state index contributed by atoms with van der Waals surface area (Å²) in [4.78, 5) is 2.25. The lowest BCUT2D eigenvalue weighted by atomic mass is 10.2. The van der Waals surface area contributed by atoms with Gasteiger partial charge in [-0.1, -0.05) is 6.92 Å². The molecule has 94 valence electrons. The molecule has 2 N–H and O–H groups in total. The van der Waals surface area contributed by atoms with Crippen molar-refractivity contribution in [3.8, 4) is 0 Å². The topological polar surface area (TPSA) is 29.3 Å². The number of hydrogen-bond donors (Lipinski definition) is 1. The van der Waals surface area contributed by atoms with Crippen LogP contribution >= 0.6 is 27.7 Å². The standard InChI is InChI=1S/C12H16BrFN2S/c1-2-8-7-16(3-4-17-8)12-5-9(13)10(14)6-11(12)15/h5-6,8H,2-4,7,15H2,1H3. The van der Waals surface area contributed by atoms with Gasteiger partial charge in [0.2, 0.25) is 0 Å². The van der Waals surface area contributed by atoms with Crippen LogP contribution in [0.25, 0.3) is 0 Å². The Morgan fingerprint density at radius 3 is 3.06 bits per heavy atom. The van der Waals surface area contributed by atoms with Crippen molar-refractivity contribution < 1.29 is 4.39 Å². The van der Waals surface area contributed by atoms with Crippen molar-refractivity contribution >= 4 is 39.1 Å². The summed E-state index contributed by atoms with van der Waals surface area (Å²) >= 11 is 5.22. The van der Waals surface area contributed by atoms with E-state index < -0.39 is 0 Å². The SMILES string of the molecule is CCC1CN(c2cc(Br)c(F)cc2N)CCS1. The van der Waals surface area contributed by atoms with Gasteiger partial charge in [-0.2, -0.15) is 11.8 Å². The van der Waals surface area contributed by atoms with E-state index in [1.165, 1.54) is 6.07 Å². The zero-order valence-corrected chi connectivity index (χ0v) is 12.2. The van der Waals surface area contributed by atoms with Crippen LogP contribution in [-0.2, 0) is 0 Å². The number of rotatable bonds is 2. The molecule has 1 unspecified atom stereocenters. The van der Waals surface area contributed by atoms with Gasteiger partial charge >= 0.3 is 0 Å². The second-order valence-electron chi connectivity index (χ2n) is 4.17. The number of benzene rings is 1. The van der Waals surface area contributed by atoms with E-state index in [9.17, 15) is 4.39 Å². The second-order valence-corrected chi connectivity index (χ2v) is 6.43. The quantitative estimate of drug-likeness (QED) is 0.846. The van der Waals surface area contributed by atoms with Crippen molar-refractivity contribution in [2.75, 3.05) is 29.5 Å². The normalized spacial score (nSPS) is 20.6. The summed E-state index contributed by atoms with van der Waals surface area (Å²) < 4.78 is 13.8. The van der Waals surface area contributed by atoms with Gasteiger partial charge < -0.3 is 10.6 Å². The lowest BCUT2D eigenvalue weighted by Gasteiger charge is -2.34. The molecular formula is C12H16BrFN2S. The molecule has 2 rings (SSSR count). The smallest absolute Gasteiger partial charge is 0.139 e. The summed E-state index contributed by atoms with van der Waals surface area (Å²) in [7, 11) is 0. The number of thioether (sulfide) groups is 1. The van der Waals surface area contributed by atoms with Gasteiger partial charge in [-0.15, -0.1) is 0 Å². The minimum atomic E-state index is -0.301. The molecule has 1 aromatic rings. The molecule has 1 aromatic carbocycles. The van der Waals surface area contributed by atoms with Gasteiger partial charge in [0.05, 0.1) is 15.8 Å². The van der Waals surface area contributed by atoms with Crippen molar-refractivity contribution in [3.05, 3.63) is 22.4 Å². The molecule has 0 saturated carbocycles. The highest BCUT2D eigenvalue weighted by molar-refractivity contribution is 9.10. The molecule has 0 radical (unpaired) electrons. The van der Waals surface area contributed by atoms with Crippen molar-refractivity contribution in [2.24, 2.45) is 0 Å². The molecule has 0 amide bonds. The van der Waals surface area contributed by atoms with Crippen LogP contribution in [0.15, 0.2) is 16.6 Å². The maximum Gasteiger partial charge on any atom is 0.139 e. The van der Waals surface area contributed by atoms with Gasteiger partial charge in [0, 0.05) is 30.2 Å². The fraction of sp³-hybridized carbons (Fsp3) is 0.500.